The van der Waals surface area contributed by atoms with Gasteiger partial charge in [-0.05, 0) is 13.3 Å². The maximum Gasteiger partial charge on any atom is 0.311 e. The average molecular weight is 257 g/mol. The van der Waals surface area contributed by atoms with E-state index in [9.17, 15) is 14.7 Å². The Balaban J connectivity index is 2.16. The lowest BCUT2D eigenvalue weighted by atomic mass is 9.74. The maximum atomic E-state index is 12.1. The number of carboxylic acid groups (broad SMARTS) is 1. The Kier molecular flexibility index (Phi) is 3.59. The van der Waals surface area contributed by atoms with Gasteiger partial charge in [-0.25, -0.2) is 0 Å². The van der Waals surface area contributed by atoms with E-state index in [1.54, 1.807) is 11.8 Å². The fourth-order valence-electron chi connectivity index (χ4n) is 2.83. The second-order valence-electron chi connectivity index (χ2n) is 5.08. The summed E-state index contributed by atoms with van der Waals surface area (Å²) in [7, 11) is 1.47. The number of hydrogen-bond acceptors (Lipinski definition) is 4. The molecule has 1 amide bonds. The van der Waals surface area contributed by atoms with E-state index in [1.807, 2.05) is 0 Å². The summed E-state index contributed by atoms with van der Waals surface area (Å²) in [4.78, 5) is 25.2. The van der Waals surface area contributed by atoms with Gasteiger partial charge < -0.3 is 19.5 Å². The van der Waals surface area contributed by atoms with Gasteiger partial charge in [0.25, 0.3) is 5.91 Å². The van der Waals surface area contributed by atoms with Crippen molar-refractivity contribution in [3.63, 3.8) is 0 Å². The summed E-state index contributed by atoms with van der Waals surface area (Å²) in [6.45, 7) is 3.25. The zero-order chi connectivity index (χ0) is 13.3. The summed E-state index contributed by atoms with van der Waals surface area (Å²) in [5.74, 6) is -1.08. The molecule has 2 aliphatic rings. The van der Waals surface area contributed by atoms with Gasteiger partial charge in [0.15, 0.2) is 0 Å². The van der Waals surface area contributed by atoms with E-state index in [1.165, 1.54) is 7.11 Å². The van der Waals surface area contributed by atoms with Crippen LogP contribution in [0.4, 0.5) is 0 Å². The molecule has 2 heterocycles. The van der Waals surface area contributed by atoms with Crippen LogP contribution in [0.25, 0.3) is 0 Å². The molecule has 6 heteroatoms. The quantitative estimate of drug-likeness (QED) is 0.768. The molecular weight excluding hydrogens is 238 g/mol. The van der Waals surface area contributed by atoms with Crippen molar-refractivity contribution in [2.24, 2.45) is 11.3 Å². The van der Waals surface area contributed by atoms with E-state index in [0.29, 0.717) is 26.2 Å². The minimum absolute atomic E-state index is 0.114. The number of carboxylic acids is 1. The third kappa shape index (κ3) is 1.99. The number of methoxy groups -OCH3 is 1. The Morgan fingerprint density at radius 2 is 2.28 bits per heavy atom. The molecule has 6 nitrogen and oxygen atoms in total. The van der Waals surface area contributed by atoms with E-state index in [0.717, 1.165) is 0 Å². The molecule has 2 aliphatic heterocycles. The SMILES string of the molecule is COC(C)C(=O)N1C[C@H]2COCC[C@@]2(C(=O)O)C1. The molecule has 0 aliphatic carbocycles. The van der Waals surface area contributed by atoms with Gasteiger partial charge in [-0.1, -0.05) is 0 Å². The molecule has 0 bridgehead atoms. The van der Waals surface area contributed by atoms with Gasteiger partial charge in [0.2, 0.25) is 0 Å². The molecule has 2 saturated heterocycles. The number of carbonyl (C=O) groups is 2. The summed E-state index contributed by atoms with van der Waals surface area (Å²) in [5, 5.41) is 9.47. The van der Waals surface area contributed by atoms with E-state index in [-0.39, 0.29) is 18.4 Å². The molecule has 1 unspecified atom stereocenters. The highest BCUT2D eigenvalue weighted by molar-refractivity contribution is 5.83. The molecule has 0 saturated carbocycles. The second-order valence-corrected chi connectivity index (χ2v) is 5.08. The predicted molar refractivity (Wildman–Crippen MR) is 62.0 cm³/mol. The zero-order valence-corrected chi connectivity index (χ0v) is 10.7. The van der Waals surface area contributed by atoms with Gasteiger partial charge >= 0.3 is 5.97 Å². The largest absolute Gasteiger partial charge is 0.481 e. The molecule has 2 rings (SSSR count). The van der Waals surface area contributed by atoms with Crippen molar-refractivity contribution in [2.45, 2.75) is 19.4 Å². The van der Waals surface area contributed by atoms with Crippen LogP contribution in [0.5, 0.6) is 0 Å². The maximum absolute atomic E-state index is 12.1. The Hall–Kier alpha value is -1.14. The first-order chi connectivity index (χ1) is 8.51. The van der Waals surface area contributed by atoms with Gasteiger partial charge in [-0.3, -0.25) is 9.59 Å². The topological polar surface area (TPSA) is 76.1 Å². The fourth-order valence-corrected chi connectivity index (χ4v) is 2.83. The van der Waals surface area contributed by atoms with Gasteiger partial charge in [0.05, 0.1) is 12.0 Å². The lowest BCUT2D eigenvalue weighted by Gasteiger charge is -2.33. The molecule has 102 valence electrons. The molecule has 0 aromatic heterocycles. The highest BCUT2D eigenvalue weighted by Gasteiger charge is 2.55. The van der Waals surface area contributed by atoms with Crippen molar-refractivity contribution in [2.75, 3.05) is 33.4 Å². The molecule has 2 fully saturated rings. The number of fused-ring (bicyclic) bond motifs is 1. The molecular formula is C12H19NO5. The second kappa shape index (κ2) is 4.85. The van der Waals surface area contributed by atoms with Crippen molar-refractivity contribution in [1.82, 2.24) is 4.90 Å². The van der Waals surface area contributed by atoms with Crippen LogP contribution < -0.4 is 0 Å². The molecule has 0 spiro atoms. The van der Waals surface area contributed by atoms with Crippen molar-refractivity contribution in [3.05, 3.63) is 0 Å². The first kappa shape index (κ1) is 13.3. The van der Waals surface area contributed by atoms with Crippen LogP contribution in [0.1, 0.15) is 13.3 Å². The van der Waals surface area contributed by atoms with Crippen LogP contribution in [0.3, 0.4) is 0 Å². The molecule has 0 aromatic rings. The lowest BCUT2D eigenvalue weighted by molar-refractivity contribution is -0.157. The van der Waals surface area contributed by atoms with Crippen molar-refractivity contribution in [3.8, 4) is 0 Å². The Labute approximate surface area is 106 Å². The van der Waals surface area contributed by atoms with E-state index >= 15 is 0 Å². The fraction of sp³-hybridized carbons (Fsp3) is 0.833. The lowest BCUT2D eigenvalue weighted by Crippen LogP contribution is -2.45. The number of hydrogen-bond donors (Lipinski definition) is 1. The summed E-state index contributed by atoms with van der Waals surface area (Å²) in [6, 6.07) is 0. The molecule has 18 heavy (non-hydrogen) atoms. The van der Waals surface area contributed by atoms with Crippen molar-refractivity contribution >= 4 is 11.9 Å². The predicted octanol–water partition coefficient (Wildman–Crippen LogP) is -0.0290. The number of amides is 1. The van der Waals surface area contributed by atoms with Crippen molar-refractivity contribution in [1.29, 1.82) is 0 Å². The summed E-state index contributed by atoms with van der Waals surface area (Å²) >= 11 is 0. The highest BCUT2D eigenvalue weighted by Crippen LogP contribution is 2.42. The number of ether oxygens (including phenoxy) is 2. The number of nitrogens with zero attached hydrogens (tertiary/aromatic N) is 1. The Morgan fingerprint density at radius 3 is 2.83 bits per heavy atom. The van der Waals surface area contributed by atoms with Gasteiger partial charge in [0, 0.05) is 32.7 Å². The number of carbonyl (C=O) groups excluding carboxylic acids is 1. The number of rotatable bonds is 3. The molecule has 3 atom stereocenters. The van der Waals surface area contributed by atoms with Gasteiger partial charge in [0.1, 0.15) is 6.10 Å². The summed E-state index contributed by atoms with van der Waals surface area (Å²) in [5.41, 5.74) is -0.832. The summed E-state index contributed by atoms with van der Waals surface area (Å²) < 4.78 is 10.3. The van der Waals surface area contributed by atoms with Gasteiger partial charge in [-0.2, -0.15) is 0 Å². The minimum Gasteiger partial charge on any atom is -0.481 e. The first-order valence-electron chi connectivity index (χ1n) is 6.14. The van der Waals surface area contributed by atoms with Crippen LogP contribution in [0.15, 0.2) is 0 Å². The van der Waals surface area contributed by atoms with E-state index < -0.39 is 17.5 Å². The Morgan fingerprint density at radius 1 is 1.56 bits per heavy atom. The summed E-state index contributed by atoms with van der Waals surface area (Å²) in [6.07, 6.45) is -0.0603. The number of likely N-dealkylation sites (tertiary alicyclic amines) is 1. The average Bonchev–Trinajstić information content (AvgIpc) is 2.77. The minimum atomic E-state index is -0.832. The van der Waals surface area contributed by atoms with Crippen LogP contribution in [0, 0.1) is 11.3 Å². The van der Waals surface area contributed by atoms with Crippen molar-refractivity contribution < 1.29 is 24.2 Å². The standard InChI is InChI=1S/C12H19NO5/c1-8(17-2)10(14)13-5-9-6-18-4-3-12(9,7-13)11(15)16/h8-9H,3-7H2,1-2H3,(H,15,16)/t8?,9-,12+/m0/s1. The highest BCUT2D eigenvalue weighted by atomic mass is 16.5. The van der Waals surface area contributed by atoms with E-state index in [2.05, 4.69) is 0 Å². The first-order valence-corrected chi connectivity index (χ1v) is 6.14. The zero-order valence-electron chi connectivity index (χ0n) is 10.7. The van der Waals surface area contributed by atoms with E-state index in [4.69, 9.17) is 9.47 Å². The normalized spacial score (nSPS) is 33.0. The van der Waals surface area contributed by atoms with Crippen LogP contribution in [-0.4, -0.2) is 61.4 Å². The van der Waals surface area contributed by atoms with Gasteiger partial charge in [-0.15, -0.1) is 0 Å². The monoisotopic (exact) mass is 257 g/mol. The smallest absolute Gasteiger partial charge is 0.311 e. The molecule has 1 N–H and O–H groups in total. The Bertz CT molecular complexity index is 358. The molecule has 0 radical (unpaired) electrons. The molecule has 0 aromatic carbocycles. The van der Waals surface area contributed by atoms with Crippen LogP contribution in [0.2, 0.25) is 0 Å². The third-order valence-electron chi connectivity index (χ3n) is 4.15. The third-order valence-corrected chi connectivity index (χ3v) is 4.15. The van der Waals surface area contributed by atoms with Crippen LogP contribution in [-0.2, 0) is 19.1 Å². The van der Waals surface area contributed by atoms with Crippen LogP contribution >= 0.6 is 0 Å². The number of aliphatic carboxylic acids is 1.